The standard InChI is InChI=1S/C10H13ClN2S/c1-12-10(14)13-7-6-8-2-4-9(11)5-3-8/h2-5H,6-7H2,1H3,(H2,12,13,14). The highest BCUT2D eigenvalue weighted by molar-refractivity contribution is 7.80. The zero-order valence-electron chi connectivity index (χ0n) is 8.01. The summed E-state index contributed by atoms with van der Waals surface area (Å²) in [5, 5.41) is 7.39. The Hall–Kier alpha value is -0.800. The lowest BCUT2D eigenvalue weighted by atomic mass is 10.1. The van der Waals surface area contributed by atoms with Crippen LogP contribution in [0.3, 0.4) is 0 Å². The van der Waals surface area contributed by atoms with Crippen molar-refractivity contribution in [2.45, 2.75) is 6.42 Å². The molecule has 0 heterocycles. The number of rotatable bonds is 3. The van der Waals surface area contributed by atoms with E-state index >= 15 is 0 Å². The summed E-state index contributed by atoms with van der Waals surface area (Å²) in [5.41, 5.74) is 1.25. The maximum absolute atomic E-state index is 5.77. The Bertz CT molecular complexity index is 297. The van der Waals surface area contributed by atoms with Gasteiger partial charge in [-0.2, -0.15) is 0 Å². The molecule has 0 aliphatic rings. The van der Waals surface area contributed by atoms with Crippen molar-refractivity contribution in [3.05, 3.63) is 34.9 Å². The Morgan fingerprint density at radius 2 is 2.00 bits per heavy atom. The summed E-state index contributed by atoms with van der Waals surface area (Å²) < 4.78 is 0. The van der Waals surface area contributed by atoms with Crippen LogP contribution in [0.5, 0.6) is 0 Å². The molecule has 1 aromatic rings. The smallest absolute Gasteiger partial charge is 0.166 e. The van der Waals surface area contributed by atoms with E-state index in [2.05, 4.69) is 10.6 Å². The van der Waals surface area contributed by atoms with Crippen LogP contribution >= 0.6 is 23.8 Å². The normalized spacial score (nSPS) is 9.57. The fraction of sp³-hybridized carbons (Fsp3) is 0.300. The number of hydrogen-bond acceptors (Lipinski definition) is 1. The molecule has 0 fully saturated rings. The van der Waals surface area contributed by atoms with Gasteiger partial charge in [0, 0.05) is 18.6 Å². The van der Waals surface area contributed by atoms with Crippen LogP contribution in [0.1, 0.15) is 5.56 Å². The average Bonchev–Trinajstić information content (AvgIpc) is 2.21. The minimum Gasteiger partial charge on any atom is -0.366 e. The van der Waals surface area contributed by atoms with Crippen LogP contribution in [0.25, 0.3) is 0 Å². The van der Waals surface area contributed by atoms with Crippen molar-refractivity contribution in [1.29, 1.82) is 0 Å². The fourth-order valence-corrected chi connectivity index (χ4v) is 1.29. The van der Waals surface area contributed by atoms with E-state index in [9.17, 15) is 0 Å². The number of hydrogen-bond donors (Lipinski definition) is 2. The van der Waals surface area contributed by atoms with Gasteiger partial charge in [-0.3, -0.25) is 0 Å². The van der Waals surface area contributed by atoms with E-state index in [4.69, 9.17) is 23.8 Å². The van der Waals surface area contributed by atoms with Gasteiger partial charge in [0.1, 0.15) is 0 Å². The first-order valence-corrected chi connectivity index (χ1v) is 5.21. The van der Waals surface area contributed by atoms with E-state index in [1.54, 1.807) is 7.05 Å². The first-order valence-electron chi connectivity index (χ1n) is 4.42. The Labute approximate surface area is 94.7 Å². The largest absolute Gasteiger partial charge is 0.366 e. The maximum atomic E-state index is 5.77. The molecule has 0 saturated heterocycles. The molecule has 0 saturated carbocycles. The molecule has 2 N–H and O–H groups in total. The Morgan fingerprint density at radius 3 is 2.57 bits per heavy atom. The second-order valence-electron chi connectivity index (χ2n) is 2.88. The Morgan fingerprint density at radius 1 is 1.36 bits per heavy atom. The van der Waals surface area contributed by atoms with Crippen LogP contribution in [0.15, 0.2) is 24.3 Å². The van der Waals surface area contributed by atoms with Crippen LogP contribution in [0.4, 0.5) is 0 Å². The first-order chi connectivity index (χ1) is 6.72. The van der Waals surface area contributed by atoms with Crippen LogP contribution < -0.4 is 10.6 Å². The lowest BCUT2D eigenvalue weighted by molar-refractivity contribution is 0.851. The van der Waals surface area contributed by atoms with Crippen molar-refractivity contribution in [3.8, 4) is 0 Å². The number of nitrogens with one attached hydrogen (secondary N) is 2. The lowest BCUT2D eigenvalue weighted by Gasteiger charge is -2.06. The van der Waals surface area contributed by atoms with Gasteiger partial charge in [-0.1, -0.05) is 23.7 Å². The van der Waals surface area contributed by atoms with Gasteiger partial charge in [0.2, 0.25) is 0 Å². The Kier molecular flexibility index (Phi) is 4.70. The van der Waals surface area contributed by atoms with Gasteiger partial charge in [-0.05, 0) is 36.3 Å². The van der Waals surface area contributed by atoms with Crippen LogP contribution in [-0.2, 0) is 6.42 Å². The SMILES string of the molecule is CNC(=S)NCCc1ccc(Cl)cc1. The van der Waals surface area contributed by atoms with Crippen LogP contribution in [0, 0.1) is 0 Å². The summed E-state index contributed by atoms with van der Waals surface area (Å²) in [5.74, 6) is 0. The minimum absolute atomic E-state index is 0.680. The second kappa shape index (κ2) is 5.83. The molecule has 2 nitrogen and oxygen atoms in total. The van der Waals surface area contributed by atoms with Gasteiger partial charge >= 0.3 is 0 Å². The molecule has 76 valence electrons. The molecule has 14 heavy (non-hydrogen) atoms. The minimum atomic E-state index is 0.680. The van der Waals surface area contributed by atoms with E-state index < -0.39 is 0 Å². The third-order valence-electron chi connectivity index (χ3n) is 1.84. The van der Waals surface area contributed by atoms with Crippen molar-refractivity contribution in [2.75, 3.05) is 13.6 Å². The molecule has 0 unspecified atom stereocenters. The highest BCUT2D eigenvalue weighted by Crippen LogP contribution is 2.09. The zero-order chi connectivity index (χ0) is 10.4. The topological polar surface area (TPSA) is 24.1 Å². The molecule has 0 spiro atoms. The van der Waals surface area contributed by atoms with E-state index in [0.29, 0.717) is 5.11 Å². The van der Waals surface area contributed by atoms with Crippen molar-refractivity contribution < 1.29 is 0 Å². The van der Waals surface area contributed by atoms with Gasteiger partial charge in [0.25, 0.3) is 0 Å². The summed E-state index contributed by atoms with van der Waals surface area (Å²) in [6.45, 7) is 0.835. The molecular weight excluding hydrogens is 216 g/mol. The van der Waals surface area contributed by atoms with Crippen molar-refractivity contribution >= 4 is 28.9 Å². The Balaban J connectivity index is 2.31. The molecular formula is C10H13ClN2S. The lowest BCUT2D eigenvalue weighted by Crippen LogP contribution is -2.33. The van der Waals surface area contributed by atoms with Crippen molar-refractivity contribution in [2.24, 2.45) is 0 Å². The summed E-state index contributed by atoms with van der Waals surface area (Å²) in [7, 11) is 1.80. The average molecular weight is 229 g/mol. The first kappa shape index (κ1) is 11.3. The van der Waals surface area contributed by atoms with E-state index in [1.165, 1.54) is 5.56 Å². The molecule has 0 aromatic heterocycles. The molecule has 0 amide bonds. The maximum Gasteiger partial charge on any atom is 0.166 e. The van der Waals surface area contributed by atoms with E-state index in [0.717, 1.165) is 18.0 Å². The summed E-state index contributed by atoms with van der Waals surface area (Å²) in [6, 6.07) is 7.83. The molecule has 0 aliphatic heterocycles. The summed E-state index contributed by atoms with van der Waals surface area (Å²) in [6.07, 6.45) is 0.943. The van der Waals surface area contributed by atoms with Gasteiger partial charge in [-0.15, -0.1) is 0 Å². The fourth-order valence-electron chi connectivity index (χ4n) is 1.06. The monoisotopic (exact) mass is 228 g/mol. The van der Waals surface area contributed by atoms with Crippen molar-refractivity contribution in [1.82, 2.24) is 10.6 Å². The third-order valence-corrected chi connectivity index (χ3v) is 2.44. The third kappa shape index (κ3) is 3.94. The van der Waals surface area contributed by atoms with Crippen LogP contribution in [0.2, 0.25) is 5.02 Å². The number of benzene rings is 1. The van der Waals surface area contributed by atoms with Gasteiger partial charge in [-0.25, -0.2) is 0 Å². The molecule has 1 aromatic carbocycles. The molecule has 0 bridgehead atoms. The molecule has 0 atom stereocenters. The highest BCUT2D eigenvalue weighted by Gasteiger charge is 1.94. The summed E-state index contributed by atoms with van der Waals surface area (Å²) >= 11 is 10.7. The molecule has 4 heteroatoms. The number of thiocarbonyl (C=S) groups is 1. The van der Waals surface area contributed by atoms with Gasteiger partial charge < -0.3 is 10.6 Å². The van der Waals surface area contributed by atoms with E-state index in [-0.39, 0.29) is 0 Å². The van der Waals surface area contributed by atoms with Gasteiger partial charge in [0.05, 0.1) is 0 Å². The van der Waals surface area contributed by atoms with Crippen LogP contribution in [-0.4, -0.2) is 18.7 Å². The summed E-state index contributed by atoms with van der Waals surface area (Å²) in [4.78, 5) is 0. The van der Waals surface area contributed by atoms with Gasteiger partial charge in [0.15, 0.2) is 5.11 Å². The quantitative estimate of drug-likeness (QED) is 0.774. The molecule has 0 radical (unpaired) electrons. The molecule has 1 rings (SSSR count). The van der Waals surface area contributed by atoms with Crippen molar-refractivity contribution in [3.63, 3.8) is 0 Å². The highest BCUT2D eigenvalue weighted by atomic mass is 35.5. The second-order valence-corrected chi connectivity index (χ2v) is 3.73. The van der Waals surface area contributed by atoms with E-state index in [1.807, 2.05) is 24.3 Å². The zero-order valence-corrected chi connectivity index (χ0v) is 9.58. The predicted octanol–water partition coefficient (Wildman–Crippen LogP) is 1.98. The predicted molar refractivity (Wildman–Crippen MR) is 64.8 cm³/mol. The number of halogens is 1. The molecule has 0 aliphatic carbocycles.